The molecule has 1 unspecified atom stereocenters. The molecular weight excluding hydrogens is 442 g/mol. The van der Waals surface area contributed by atoms with Gasteiger partial charge in [-0.3, -0.25) is 0 Å². The van der Waals surface area contributed by atoms with Gasteiger partial charge in [0.1, 0.15) is 0 Å². The Hall–Kier alpha value is -3.11. The second kappa shape index (κ2) is 9.40. The van der Waals surface area contributed by atoms with E-state index in [2.05, 4.69) is 15.6 Å². The molecule has 2 aromatic heterocycles. The van der Waals surface area contributed by atoms with Gasteiger partial charge in [-0.2, -0.15) is 0 Å². The Morgan fingerprint density at radius 1 is 1.09 bits per heavy atom. The summed E-state index contributed by atoms with van der Waals surface area (Å²) in [7, 11) is 4.76. The molecule has 0 bridgehead atoms. The van der Waals surface area contributed by atoms with Crippen molar-refractivity contribution in [3.63, 3.8) is 0 Å². The predicted molar refractivity (Wildman–Crippen MR) is 127 cm³/mol. The average molecular weight is 470 g/mol. The van der Waals surface area contributed by atoms with Crippen molar-refractivity contribution >= 4 is 28.1 Å². The summed E-state index contributed by atoms with van der Waals surface area (Å²) in [5.41, 5.74) is 3.89. The van der Waals surface area contributed by atoms with Crippen LogP contribution in [-0.2, 0) is 17.6 Å². The molecule has 0 radical (unpaired) electrons. The van der Waals surface area contributed by atoms with Gasteiger partial charge in [-0.05, 0) is 31.2 Å². The van der Waals surface area contributed by atoms with Gasteiger partial charge in [-0.1, -0.05) is 11.3 Å². The Kier molecular flexibility index (Phi) is 6.19. The standard InChI is InChI=1S/C23H27N5O4S/c1-29-17-9-14(10-18(30-2)20(17)31-3)26-22-24-11-13-6-7-16-21(19(13)28-22)33-23(27-16)25-12-15-5-4-8-32-15/h9-11,15H,4-8,12H2,1-3H3,(H,25,27)(H,24,26,28). The number of benzene rings is 1. The van der Waals surface area contributed by atoms with Crippen molar-refractivity contribution < 1.29 is 18.9 Å². The van der Waals surface area contributed by atoms with Gasteiger partial charge in [-0.25, -0.2) is 15.0 Å². The van der Waals surface area contributed by atoms with Crippen molar-refractivity contribution in [2.45, 2.75) is 31.8 Å². The lowest BCUT2D eigenvalue weighted by molar-refractivity contribution is 0.120. The van der Waals surface area contributed by atoms with Gasteiger partial charge in [0.05, 0.1) is 43.7 Å². The van der Waals surface area contributed by atoms with Crippen molar-refractivity contribution in [1.82, 2.24) is 15.0 Å². The highest BCUT2D eigenvalue weighted by Gasteiger charge is 2.24. The number of nitrogens with one attached hydrogen (secondary N) is 2. The summed E-state index contributed by atoms with van der Waals surface area (Å²) in [6.45, 7) is 1.64. The largest absolute Gasteiger partial charge is 0.493 e. The van der Waals surface area contributed by atoms with E-state index in [4.69, 9.17) is 28.9 Å². The maximum Gasteiger partial charge on any atom is 0.227 e. The van der Waals surface area contributed by atoms with Crippen molar-refractivity contribution in [2.75, 3.05) is 45.1 Å². The second-order valence-corrected chi connectivity index (χ2v) is 8.92. The van der Waals surface area contributed by atoms with Crippen molar-refractivity contribution in [2.24, 2.45) is 0 Å². The smallest absolute Gasteiger partial charge is 0.227 e. The number of hydrogen-bond donors (Lipinski definition) is 2. The molecule has 2 N–H and O–H groups in total. The number of anilines is 3. The van der Waals surface area contributed by atoms with E-state index >= 15 is 0 Å². The maximum absolute atomic E-state index is 5.71. The zero-order chi connectivity index (χ0) is 22.8. The minimum absolute atomic E-state index is 0.273. The van der Waals surface area contributed by atoms with E-state index in [0.717, 1.165) is 71.5 Å². The number of thiazole rings is 1. The van der Waals surface area contributed by atoms with Crippen LogP contribution >= 0.6 is 11.3 Å². The van der Waals surface area contributed by atoms with Crippen LogP contribution in [0, 0.1) is 0 Å². The Bertz CT molecular complexity index is 1120. The Morgan fingerprint density at radius 2 is 1.91 bits per heavy atom. The van der Waals surface area contributed by atoms with Crippen LogP contribution in [0.4, 0.5) is 16.8 Å². The van der Waals surface area contributed by atoms with Crippen molar-refractivity contribution in [1.29, 1.82) is 0 Å². The van der Waals surface area contributed by atoms with Crippen LogP contribution in [0.25, 0.3) is 10.6 Å². The topological polar surface area (TPSA) is 99.7 Å². The second-order valence-electron chi connectivity index (χ2n) is 7.92. The van der Waals surface area contributed by atoms with E-state index in [-0.39, 0.29) is 6.10 Å². The Morgan fingerprint density at radius 3 is 2.61 bits per heavy atom. The Labute approximate surface area is 196 Å². The first kappa shape index (κ1) is 21.7. The number of nitrogens with zero attached hydrogens (tertiary/aromatic N) is 3. The van der Waals surface area contributed by atoms with E-state index in [1.54, 1.807) is 32.7 Å². The number of aryl methyl sites for hydroxylation is 2. The van der Waals surface area contributed by atoms with Gasteiger partial charge in [-0.15, -0.1) is 0 Å². The lowest BCUT2D eigenvalue weighted by Crippen LogP contribution is -2.18. The van der Waals surface area contributed by atoms with E-state index in [0.29, 0.717) is 23.2 Å². The van der Waals surface area contributed by atoms with Gasteiger partial charge in [0.2, 0.25) is 11.7 Å². The summed E-state index contributed by atoms with van der Waals surface area (Å²) < 4.78 is 22.0. The summed E-state index contributed by atoms with van der Waals surface area (Å²) in [6, 6.07) is 3.66. The first-order valence-electron chi connectivity index (χ1n) is 11.0. The van der Waals surface area contributed by atoms with Gasteiger partial charge in [0, 0.05) is 37.2 Å². The molecule has 1 fully saturated rings. The number of fused-ring (bicyclic) bond motifs is 3. The van der Waals surface area contributed by atoms with Crippen molar-refractivity contribution in [3.05, 3.63) is 29.6 Å². The van der Waals surface area contributed by atoms with Crippen LogP contribution in [0.15, 0.2) is 18.3 Å². The van der Waals surface area contributed by atoms with Gasteiger partial charge in [0.25, 0.3) is 0 Å². The highest BCUT2D eigenvalue weighted by molar-refractivity contribution is 7.19. The molecule has 1 aromatic carbocycles. The zero-order valence-corrected chi connectivity index (χ0v) is 19.8. The van der Waals surface area contributed by atoms with Crippen LogP contribution in [0.3, 0.4) is 0 Å². The van der Waals surface area contributed by atoms with Crippen LogP contribution < -0.4 is 24.8 Å². The minimum Gasteiger partial charge on any atom is -0.493 e. The summed E-state index contributed by atoms with van der Waals surface area (Å²) in [4.78, 5) is 15.3. The molecule has 3 aromatic rings. The summed E-state index contributed by atoms with van der Waals surface area (Å²) in [5.74, 6) is 2.15. The molecule has 1 saturated heterocycles. The molecule has 1 aliphatic heterocycles. The molecule has 1 atom stereocenters. The van der Waals surface area contributed by atoms with Crippen molar-refractivity contribution in [3.8, 4) is 27.8 Å². The number of aromatic nitrogens is 3. The lowest BCUT2D eigenvalue weighted by atomic mass is 10.00. The third-order valence-corrected chi connectivity index (χ3v) is 6.90. The summed E-state index contributed by atoms with van der Waals surface area (Å²) >= 11 is 1.64. The van der Waals surface area contributed by atoms with Gasteiger partial charge in [0.15, 0.2) is 16.6 Å². The third-order valence-electron chi connectivity index (χ3n) is 5.83. The van der Waals surface area contributed by atoms with Crippen LogP contribution in [0.5, 0.6) is 17.2 Å². The number of methoxy groups -OCH3 is 3. The molecule has 1 aliphatic carbocycles. The molecule has 0 saturated carbocycles. The molecule has 10 heteroatoms. The van der Waals surface area contributed by atoms with Crippen LogP contribution in [0.1, 0.15) is 24.1 Å². The number of hydrogen-bond acceptors (Lipinski definition) is 10. The molecule has 33 heavy (non-hydrogen) atoms. The molecular formula is C23H27N5O4S. The SMILES string of the molecule is COc1cc(Nc2ncc3c(n2)-c2sc(NCC4CCCO4)nc2CC3)cc(OC)c1OC. The molecule has 174 valence electrons. The van der Waals surface area contributed by atoms with E-state index in [1.165, 1.54) is 0 Å². The monoisotopic (exact) mass is 469 g/mol. The molecule has 2 aliphatic rings. The summed E-state index contributed by atoms with van der Waals surface area (Å²) in [6.07, 6.45) is 6.17. The van der Waals surface area contributed by atoms with Crippen LogP contribution in [-0.4, -0.2) is 55.5 Å². The summed E-state index contributed by atoms with van der Waals surface area (Å²) in [5, 5.41) is 7.64. The van der Waals surface area contributed by atoms with Gasteiger partial charge >= 0.3 is 0 Å². The highest BCUT2D eigenvalue weighted by atomic mass is 32.1. The molecule has 0 spiro atoms. The molecule has 9 nitrogen and oxygen atoms in total. The Balaban J connectivity index is 1.39. The zero-order valence-electron chi connectivity index (χ0n) is 18.9. The lowest BCUT2D eigenvalue weighted by Gasteiger charge is -2.16. The maximum atomic E-state index is 5.71. The van der Waals surface area contributed by atoms with E-state index in [1.807, 2.05) is 18.3 Å². The number of rotatable bonds is 8. The molecule has 0 amide bonds. The first-order valence-corrected chi connectivity index (χ1v) is 11.8. The fourth-order valence-electron chi connectivity index (χ4n) is 4.17. The number of ether oxygens (including phenoxy) is 4. The highest BCUT2D eigenvalue weighted by Crippen LogP contribution is 2.41. The normalized spacial score (nSPS) is 16.6. The fourth-order valence-corrected chi connectivity index (χ4v) is 5.21. The predicted octanol–water partition coefficient (Wildman–Crippen LogP) is 4.06. The van der Waals surface area contributed by atoms with E-state index in [9.17, 15) is 0 Å². The van der Waals surface area contributed by atoms with Crippen LogP contribution in [0.2, 0.25) is 0 Å². The third kappa shape index (κ3) is 4.40. The average Bonchev–Trinajstić information content (AvgIpc) is 3.51. The first-order chi connectivity index (χ1) is 16.2. The molecule has 5 rings (SSSR count). The van der Waals surface area contributed by atoms with E-state index < -0.39 is 0 Å². The quantitative estimate of drug-likeness (QED) is 0.506. The minimum atomic E-state index is 0.273. The van der Waals surface area contributed by atoms with Gasteiger partial charge < -0.3 is 29.6 Å². The fraction of sp³-hybridized carbons (Fsp3) is 0.435. The molecule has 3 heterocycles.